The van der Waals surface area contributed by atoms with Gasteiger partial charge in [0, 0.05) is 25.7 Å². The van der Waals surface area contributed by atoms with Crippen LogP contribution in [0.2, 0.25) is 0 Å². The summed E-state index contributed by atoms with van der Waals surface area (Å²) in [6.45, 7) is 2.33. The van der Waals surface area contributed by atoms with Crippen LogP contribution in [0.15, 0.2) is 77.6 Å². The average Bonchev–Trinajstić information content (AvgIpc) is 3.15. The minimum absolute atomic E-state index is 0.0537. The first-order valence-corrected chi connectivity index (χ1v) is 11.2. The van der Waals surface area contributed by atoms with E-state index in [-0.39, 0.29) is 17.2 Å². The second-order valence-corrected chi connectivity index (χ2v) is 8.60. The molecule has 0 spiro atoms. The number of hydrogen-bond donors (Lipinski definition) is 1. The maximum atomic E-state index is 13.0. The van der Waals surface area contributed by atoms with Gasteiger partial charge in [-0.05, 0) is 60.9 Å². The molecule has 0 aliphatic carbocycles. The number of piperidine rings is 1. The van der Waals surface area contributed by atoms with Crippen LogP contribution in [0.1, 0.15) is 30.0 Å². The third-order valence-electron chi connectivity index (χ3n) is 6.25. The zero-order chi connectivity index (χ0) is 23.7. The summed E-state index contributed by atoms with van der Waals surface area (Å²) in [6, 6.07) is 21.0. The van der Waals surface area contributed by atoms with E-state index < -0.39 is 11.7 Å². The Morgan fingerprint density at radius 3 is 2.38 bits per heavy atom. The molecule has 0 atom stereocenters. The largest absolute Gasteiger partial charge is 0.457 e. The van der Waals surface area contributed by atoms with Crippen LogP contribution in [-0.4, -0.2) is 27.5 Å². The normalized spacial score (nSPS) is 15.6. The Morgan fingerprint density at radius 2 is 1.65 bits per heavy atom. The highest BCUT2D eigenvalue weighted by Crippen LogP contribution is 2.32. The number of benzene rings is 3. The van der Waals surface area contributed by atoms with Crippen molar-refractivity contribution in [1.29, 1.82) is 0 Å². The molecular formula is C26H24F3N3O2. The summed E-state index contributed by atoms with van der Waals surface area (Å²) >= 11 is 0. The Labute approximate surface area is 194 Å². The van der Waals surface area contributed by atoms with Gasteiger partial charge in [-0.25, -0.2) is 4.79 Å². The number of para-hydroxylation sites is 1. The van der Waals surface area contributed by atoms with Crippen LogP contribution in [0.3, 0.4) is 0 Å². The lowest BCUT2D eigenvalue weighted by Crippen LogP contribution is -2.36. The molecule has 5 rings (SSSR count). The third kappa shape index (κ3) is 4.72. The van der Waals surface area contributed by atoms with Gasteiger partial charge in [0.25, 0.3) is 0 Å². The molecule has 1 aliphatic rings. The van der Waals surface area contributed by atoms with E-state index in [2.05, 4.69) is 16.0 Å². The summed E-state index contributed by atoms with van der Waals surface area (Å²) in [5, 5.41) is 0. The lowest BCUT2D eigenvalue weighted by molar-refractivity contribution is -0.137. The van der Waals surface area contributed by atoms with Gasteiger partial charge < -0.3 is 9.72 Å². The lowest BCUT2D eigenvalue weighted by Gasteiger charge is -2.32. The molecular weight excluding hydrogens is 443 g/mol. The maximum Gasteiger partial charge on any atom is 0.416 e. The Morgan fingerprint density at radius 1 is 0.912 bits per heavy atom. The van der Waals surface area contributed by atoms with Gasteiger partial charge in [-0.15, -0.1) is 0 Å². The Kier molecular flexibility index (Phi) is 5.91. The predicted octanol–water partition coefficient (Wildman–Crippen LogP) is 5.98. The zero-order valence-corrected chi connectivity index (χ0v) is 18.4. The van der Waals surface area contributed by atoms with E-state index in [0.717, 1.165) is 61.7 Å². The van der Waals surface area contributed by atoms with Gasteiger partial charge in [0.1, 0.15) is 11.5 Å². The second-order valence-electron chi connectivity index (χ2n) is 8.60. The summed E-state index contributed by atoms with van der Waals surface area (Å²) in [4.78, 5) is 17.5. The number of imidazole rings is 1. The molecule has 4 aromatic rings. The molecule has 1 N–H and O–H groups in total. The Hall–Kier alpha value is -3.52. The highest BCUT2D eigenvalue weighted by molar-refractivity contribution is 5.76. The standard InChI is InChI=1S/C26H24F3N3O2/c27-26(28,29)19-9-10-24-23(16-19)30-25(33)32(24)20-11-13-31(14-12-20)17-18-5-4-8-22(15-18)34-21-6-2-1-3-7-21/h1-10,15-16,20H,11-14,17H2,(H,30,33). The van der Waals surface area contributed by atoms with Gasteiger partial charge in [0.15, 0.2) is 0 Å². The monoisotopic (exact) mass is 467 g/mol. The summed E-state index contributed by atoms with van der Waals surface area (Å²) in [6.07, 6.45) is -2.95. The molecule has 1 saturated heterocycles. The van der Waals surface area contributed by atoms with Crippen molar-refractivity contribution in [3.63, 3.8) is 0 Å². The van der Waals surface area contributed by atoms with Crippen molar-refractivity contribution >= 4 is 11.0 Å². The molecule has 1 aliphatic heterocycles. The predicted molar refractivity (Wildman–Crippen MR) is 124 cm³/mol. The van der Waals surface area contributed by atoms with Crippen LogP contribution in [0.25, 0.3) is 11.0 Å². The molecule has 176 valence electrons. The number of fused-ring (bicyclic) bond motifs is 1. The van der Waals surface area contributed by atoms with E-state index in [1.54, 1.807) is 4.57 Å². The van der Waals surface area contributed by atoms with Gasteiger partial charge >= 0.3 is 11.9 Å². The molecule has 34 heavy (non-hydrogen) atoms. The van der Waals surface area contributed by atoms with E-state index in [4.69, 9.17) is 4.74 Å². The van der Waals surface area contributed by atoms with Crippen molar-refractivity contribution in [1.82, 2.24) is 14.5 Å². The zero-order valence-electron chi connectivity index (χ0n) is 18.4. The number of nitrogens with zero attached hydrogens (tertiary/aromatic N) is 2. The number of nitrogens with one attached hydrogen (secondary N) is 1. The highest BCUT2D eigenvalue weighted by Gasteiger charge is 2.31. The van der Waals surface area contributed by atoms with E-state index in [0.29, 0.717) is 5.52 Å². The number of alkyl halides is 3. The average molecular weight is 467 g/mol. The van der Waals surface area contributed by atoms with Crippen LogP contribution in [0.4, 0.5) is 13.2 Å². The van der Waals surface area contributed by atoms with Gasteiger partial charge in [0.05, 0.1) is 16.6 Å². The minimum Gasteiger partial charge on any atom is -0.457 e. The summed E-state index contributed by atoms with van der Waals surface area (Å²) < 4.78 is 46.6. The van der Waals surface area contributed by atoms with Crippen LogP contribution in [-0.2, 0) is 12.7 Å². The van der Waals surface area contributed by atoms with Crippen molar-refractivity contribution in [2.24, 2.45) is 0 Å². The van der Waals surface area contributed by atoms with Crippen molar-refractivity contribution in [3.8, 4) is 11.5 Å². The number of aromatic amines is 1. The number of hydrogen-bond acceptors (Lipinski definition) is 3. The van der Waals surface area contributed by atoms with Crippen LogP contribution in [0, 0.1) is 0 Å². The fraction of sp³-hybridized carbons (Fsp3) is 0.269. The van der Waals surface area contributed by atoms with E-state index >= 15 is 0 Å². The topological polar surface area (TPSA) is 50.3 Å². The molecule has 0 radical (unpaired) electrons. The van der Waals surface area contributed by atoms with Crippen LogP contribution in [0.5, 0.6) is 11.5 Å². The van der Waals surface area contributed by atoms with Gasteiger partial charge in [-0.1, -0.05) is 30.3 Å². The first-order valence-electron chi connectivity index (χ1n) is 11.2. The van der Waals surface area contributed by atoms with E-state index in [1.165, 1.54) is 6.07 Å². The molecule has 0 bridgehead atoms. The number of ether oxygens (including phenoxy) is 1. The molecule has 1 aromatic heterocycles. The maximum absolute atomic E-state index is 13.0. The van der Waals surface area contributed by atoms with Crippen LogP contribution >= 0.6 is 0 Å². The Bertz CT molecular complexity index is 1340. The summed E-state index contributed by atoms with van der Waals surface area (Å²) in [7, 11) is 0. The van der Waals surface area contributed by atoms with Crippen molar-refractivity contribution in [2.75, 3.05) is 13.1 Å². The number of aromatic nitrogens is 2. The van der Waals surface area contributed by atoms with Crippen molar-refractivity contribution < 1.29 is 17.9 Å². The molecule has 0 saturated carbocycles. The number of likely N-dealkylation sites (tertiary alicyclic amines) is 1. The second kappa shape index (κ2) is 9.02. The third-order valence-corrected chi connectivity index (χ3v) is 6.25. The van der Waals surface area contributed by atoms with Crippen molar-refractivity contribution in [2.45, 2.75) is 31.6 Å². The highest BCUT2D eigenvalue weighted by atomic mass is 19.4. The van der Waals surface area contributed by atoms with E-state index in [9.17, 15) is 18.0 Å². The first kappa shape index (κ1) is 22.3. The van der Waals surface area contributed by atoms with Gasteiger partial charge in [-0.3, -0.25) is 9.47 Å². The molecule has 0 unspecified atom stereocenters. The molecule has 1 fully saturated rings. The van der Waals surface area contributed by atoms with Crippen LogP contribution < -0.4 is 10.4 Å². The smallest absolute Gasteiger partial charge is 0.416 e. The SMILES string of the molecule is O=c1[nH]c2cc(C(F)(F)F)ccc2n1C1CCN(Cc2cccc(Oc3ccccc3)c2)CC1. The molecule has 5 nitrogen and oxygen atoms in total. The summed E-state index contributed by atoms with van der Waals surface area (Å²) in [5.41, 5.74) is 0.746. The molecule has 3 aromatic carbocycles. The number of halogens is 3. The summed E-state index contributed by atoms with van der Waals surface area (Å²) in [5.74, 6) is 1.56. The molecule has 2 heterocycles. The fourth-order valence-corrected chi connectivity index (χ4v) is 4.60. The number of rotatable bonds is 5. The molecule has 8 heteroatoms. The Balaban J connectivity index is 1.25. The van der Waals surface area contributed by atoms with Crippen molar-refractivity contribution in [3.05, 3.63) is 94.4 Å². The number of H-pyrrole nitrogens is 1. The first-order chi connectivity index (χ1) is 16.4. The lowest BCUT2D eigenvalue weighted by atomic mass is 10.0. The van der Waals surface area contributed by atoms with Gasteiger partial charge in [0.2, 0.25) is 0 Å². The minimum atomic E-state index is -4.44. The fourth-order valence-electron chi connectivity index (χ4n) is 4.60. The molecule has 0 amide bonds. The quantitative estimate of drug-likeness (QED) is 0.393. The van der Waals surface area contributed by atoms with E-state index in [1.807, 2.05) is 48.5 Å². The van der Waals surface area contributed by atoms with Gasteiger partial charge in [-0.2, -0.15) is 13.2 Å².